The van der Waals surface area contributed by atoms with Crippen LogP contribution in [0.1, 0.15) is 16.7 Å². The summed E-state index contributed by atoms with van der Waals surface area (Å²) in [5.41, 5.74) is 3.67. The Kier molecular flexibility index (Phi) is 6.68. The molecule has 0 amide bonds. The largest absolute Gasteiger partial charge is 0.493 e. The first kappa shape index (κ1) is 18.0. The van der Waals surface area contributed by atoms with E-state index < -0.39 is 0 Å². The highest BCUT2D eigenvalue weighted by Gasteiger charge is 2.06. The second kappa shape index (κ2) is 9.64. The zero-order valence-corrected chi connectivity index (χ0v) is 15.2. The third kappa shape index (κ3) is 5.36. The van der Waals surface area contributed by atoms with Crippen LogP contribution in [0.2, 0.25) is 0 Å². The lowest BCUT2D eigenvalue weighted by molar-refractivity contribution is 0.284. The first-order chi connectivity index (χ1) is 12.8. The summed E-state index contributed by atoms with van der Waals surface area (Å²) in [6.45, 7) is 2.28. The van der Waals surface area contributed by atoms with E-state index in [4.69, 9.17) is 9.47 Å². The van der Waals surface area contributed by atoms with Crippen molar-refractivity contribution in [1.82, 2.24) is 5.32 Å². The summed E-state index contributed by atoms with van der Waals surface area (Å²) in [5, 5.41) is 3.48. The predicted molar refractivity (Wildman–Crippen MR) is 106 cm³/mol. The summed E-state index contributed by atoms with van der Waals surface area (Å²) < 4.78 is 11.4. The SMILES string of the molecule is COc1cc(CNCCc2ccccc2)ccc1OCc1ccccc1. The molecular weight excluding hydrogens is 322 g/mol. The topological polar surface area (TPSA) is 30.5 Å². The molecule has 0 saturated heterocycles. The van der Waals surface area contributed by atoms with E-state index in [-0.39, 0.29) is 0 Å². The van der Waals surface area contributed by atoms with Gasteiger partial charge in [0.2, 0.25) is 0 Å². The van der Waals surface area contributed by atoms with Crippen LogP contribution >= 0.6 is 0 Å². The molecule has 0 atom stereocenters. The molecule has 3 heteroatoms. The lowest BCUT2D eigenvalue weighted by Crippen LogP contribution is -2.16. The van der Waals surface area contributed by atoms with Gasteiger partial charge in [-0.2, -0.15) is 0 Å². The normalized spacial score (nSPS) is 10.5. The van der Waals surface area contributed by atoms with Crippen molar-refractivity contribution in [1.29, 1.82) is 0 Å². The molecule has 0 aliphatic carbocycles. The van der Waals surface area contributed by atoms with Crippen molar-refractivity contribution < 1.29 is 9.47 Å². The van der Waals surface area contributed by atoms with Crippen molar-refractivity contribution >= 4 is 0 Å². The summed E-state index contributed by atoms with van der Waals surface area (Å²) in [5.74, 6) is 1.53. The fraction of sp³-hybridized carbons (Fsp3) is 0.217. The van der Waals surface area contributed by atoms with Crippen molar-refractivity contribution in [3.05, 3.63) is 95.6 Å². The van der Waals surface area contributed by atoms with Crippen LogP contribution in [0.25, 0.3) is 0 Å². The highest BCUT2D eigenvalue weighted by molar-refractivity contribution is 5.43. The second-order valence-corrected chi connectivity index (χ2v) is 6.17. The van der Waals surface area contributed by atoms with E-state index in [2.05, 4.69) is 47.8 Å². The summed E-state index contributed by atoms with van der Waals surface area (Å²) in [6, 6.07) is 26.8. The molecule has 0 radical (unpaired) electrons. The van der Waals surface area contributed by atoms with Crippen molar-refractivity contribution in [3.8, 4) is 11.5 Å². The summed E-state index contributed by atoms with van der Waals surface area (Å²) >= 11 is 0. The number of hydrogen-bond donors (Lipinski definition) is 1. The molecular formula is C23H25NO2. The molecule has 3 rings (SSSR count). The first-order valence-electron chi connectivity index (χ1n) is 8.93. The summed E-state index contributed by atoms with van der Waals surface area (Å²) in [6.07, 6.45) is 1.02. The van der Waals surface area contributed by atoms with Gasteiger partial charge in [-0.3, -0.25) is 0 Å². The van der Waals surface area contributed by atoms with Gasteiger partial charge in [0.1, 0.15) is 6.61 Å². The van der Waals surface area contributed by atoms with E-state index in [1.807, 2.05) is 36.4 Å². The van der Waals surface area contributed by atoms with Gasteiger partial charge >= 0.3 is 0 Å². The third-order valence-corrected chi connectivity index (χ3v) is 4.23. The molecule has 3 nitrogen and oxygen atoms in total. The Morgan fingerprint density at radius 3 is 2.12 bits per heavy atom. The Labute approximate surface area is 155 Å². The van der Waals surface area contributed by atoms with E-state index in [0.29, 0.717) is 6.61 Å². The molecule has 0 saturated carbocycles. The Bertz CT molecular complexity index is 788. The second-order valence-electron chi connectivity index (χ2n) is 6.17. The van der Waals surface area contributed by atoms with E-state index in [1.54, 1.807) is 7.11 Å². The number of nitrogens with one attached hydrogen (secondary N) is 1. The molecule has 0 heterocycles. The van der Waals surface area contributed by atoms with Crippen molar-refractivity contribution in [2.75, 3.05) is 13.7 Å². The fourth-order valence-electron chi connectivity index (χ4n) is 2.79. The van der Waals surface area contributed by atoms with Crippen LogP contribution in [0.15, 0.2) is 78.9 Å². The molecule has 0 spiro atoms. The minimum absolute atomic E-state index is 0.534. The first-order valence-corrected chi connectivity index (χ1v) is 8.93. The fourth-order valence-corrected chi connectivity index (χ4v) is 2.79. The summed E-state index contributed by atoms with van der Waals surface area (Å²) in [4.78, 5) is 0. The lowest BCUT2D eigenvalue weighted by atomic mass is 10.1. The molecule has 0 aromatic heterocycles. The van der Waals surface area contributed by atoms with E-state index in [9.17, 15) is 0 Å². The molecule has 0 bridgehead atoms. The average molecular weight is 347 g/mol. The summed E-state index contributed by atoms with van der Waals surface area (Å²) in [7, 11) is 1.68. The van der Waals surface area contributed by atoms with Gasteiger partial charge in [0.25, 0.3) is 0 Å². The van der Waals surface area contributed by atoms with Crippen molar-refractivity contribution in [3.63, 3.8) is 0 Å². The standard InChI is InChI=1S/C23H25NO2/c1-25-23-16-21(17-24-15-14-19-8-4-2-5-9-19)12-13-22(23)26-18-20-10-6-3-7-11-20/h2-13,16,24H,14-15,17-18H2,1H3. The number of benzene rings is 3. The van der Waals surface area contributed by atoms with Gasteiger partial charge in [-0.05, 0) is 41.8 Å². The van der Waals surface area contributed by atoms with E-state index in [0.717, 1.165) is 36.6 Å². The van der Waals surface area contributed by atoms with Crippen molar-refractivity contribution in [2.45, 2.75) is 19.6 Å². The Morgan fingerprint density at radius 1 is 0.731 bits per heavy atom. The quantitative estimate of drug-likeness (QED) is 0.574. The number of rotatable bonds is 9. The van der Waals surface area contributed by atoms with Crippen LogP contribution in [0.3, 0.4) is 0 Å². The Hall–Kier alpha value is -2.78. The average Bonchev–Trinajstić information content (AvgIpc) is 2.71. The maximum Gasteiger partial charge on any atom is 0.161 e. The molecule has 134 valence electrons. The van der Waals surface area contributed by atoms with Crippen LogP contribution in [0, 0.1) is 0 Å². The smallest absolute Gasteiger partial charge is 0.161 e. The number of methoxy groups -OCH3 is 1. The highest BCUT2D eigenvalue weighted by atomic mass is 16.5. The van der Waals surface area contributed by atoms with Crippen molar-refractivity contribution in [2.24, 2.45) is 0 Å². The molecule has 3 aromatic carbocycles. The molecule has 0 unspecified atom stereocenters. The van der Waals surface area contributed by atoms with E-state index in [1.165, 1.54) is 11.1 Å². The molecule has 0 aliphatic heterocycles. The molecule has 1 N–H and O–H groups in total. The van der Waals surface area contributed by atoms with Gasteiger partial charge < -0.3 is 14.8 Å². The maximum absolute atomic E-state index is 5.91. The Morgan fingerprint density at radius 2 is 1.42 bits per heavy atom. The predicted octanol–water partition coefficient (Wildman–Crippen LogP) is 4.61. The van der Waals surface area contributed by atoms with Gasteiger partial charge in [-0.15, -0.1) is 0 Å². The number of ether oxygens (including phenoxy) is 2. The van der Waals surface area contributed by atoms with Crippen LogP contribution in [-0.2, 0) is 19.6 Å². The highest BCUT2D eigenvalue weighted by Crippen LogP contribution is 2.28. The van der Waals surface area contributed by atoms with Crippen LogP contribution in [-0.4, -0.2) is 13.7 Å². The monoisotopic (exact) mass is 347 g/mol. The third-order valence-electron chi connectivity index (χ3n) is 4.23. The Balaban J connectivity index is 1.51. The maximum atomic E-state index is 5.91. The van der Waals surface area contributed by atoms with Gasteiger partial charge in [0, 0.05) is 6.54 Å². The zero-order valence-electron chi connectivity index (χ0n) is 15.2. The van der Waals surface area contributed by atoms with E-state index >= 15 is 0 Å². The molecule has 3 aromatic rings. The minimum atomic E-state index is 0.534. The minimum Gasteiger partial charge on any atom is -0.493 e. The van der Waals surface area contributed by atoms with Crippen LogP contribution < -0.4 is 14.8 Å². The molecule has 0 aliphatic rings. The number of hydrogen-bond acceptors (Lipinski definition) is 3. The van der Waals surface area contributed by atoms with Gasteiger partial charge in [0.05, 0.1) is 7.11 Å². The van der Waals surface area contributed by atoms with Crippen LogP contribution in [0.4, 0.5) is 0 Å². The zero-order chi connectivity index (χ0) is 18.0. The molecule has 26 heavy (non-hydrogen) atoms. The van der Waals surface area contributed by atoms with Crippen LogP contribution in [0.5, 0.6) is 11.5 Å². The van der Waals surface area contributed by atoms with Gasteiger partial charge in [-0.25, -0.2) is 0 Å². The lowest BCUT2D eigenvalue weighted by Gasteiger charge is -2.13. The van der Waals surface area contributed by atoms with Gasteiger partial charge in [-0.1, -0.05) is 66.7 Å². The molecule has 0 fully saturated rings. The van der Waals surface area contributed by atoms with Gasteiger partial charge in [0.15, 0.2) is 11.5 Å².